The van der Waals surface area contributed by atoms with Crippen molar-refractivity contribution in [1.82, 2.24) is 0 Å². The molecular weight excluding hydrogens is 144 g/mol. The van der Waals surface area contributed by atoms with Crippen molar-refractivity contribution in [3.8, 4) is 0 Å². The van der Waals surface area contributed by atoms with Crippen molar-refractivity contribution in [2.45, 2.75) is 32.1 Å². The van der Waals surface area contributed by atoms with Crippen LogP contribution in [0, 0.1) is 40.9 Å². The Hall–Kier alpha value is 0. The number of rotatable bonds is 0. The molecule has 0 N–H and O–H groups in total. The summed E-state index contributed by atoms with van der Waals surface area (Å²) in [6, 6.07) is 0. The van der Waals surface area contributed by atoms with E-state index in [-0.39, 0.29) is 0 Å². The van der Waals surface area contributed by atoms with Crippen LogP contribution >= 0.6 is 0 Å². The zero-order valence-electron chi connectivity index (χ0n) is 7.50. The first-order valence-electron chi connectivity index (χ1n) is 5.88. The first-order chi connectivity index (χ1) is 5.88. The van der Waals surface area contributed by atoms with Gasteiger partial charge in [-0.25, -0.2) is 0 Å². The van der Waals surface area contributed by atoms with Crippen molar-refractivity contribution in [3.05, 3.63) is 0 Å². The van der Waals surface area contributed by atoms with Crippen LogP contribution in [0.1, 0.15) is 32.1 Å². The highest BCUT2D eigenvalue weighted by Crippen LogP contribution is 2.85. The van der Waals surface area contributed by atoms with Gasteiger partial charge in [0.2, 0.25) is 0 Å². The second-order valence-corrected chi connectivity index (χ2v) is 6.42. The van der Waals surface area contributed by atoms with E-state index >= 15 is 0 Å². The lowest BCUT2D eigenvalue weighted by Crippen LogP contribution is -2.76. The summed E-state index contributed by atoms with van der Waals surface area (Å²) in [5.41, 5.74) is 0.989. The summed E-state index contributed by atoms with van der Waals surface area (Å²) >= 11 is 0. The monoisotopic (exact) mass is 160 g/mol. The third kappa shape index (κ3) is 0.324. The lowest BCUT2D eigenvalue weighted by molar-refractivity contribution is -0.349. The van der Waals surface area contributed by atoms with Gasteiger partial charge in [0.05, 0.1) is 0 Å². The molecule has 8 rings (SSSR count). The van der Waals surface area contributed by atoms with Crippen LogP contribution in [0.25, 0.3) is 0 Å². The van der Waals surface area contributed by atoms with Gasteiger partial charge in [-0.05, 0) is 73.0 Å². The van der Waals surface area contributed by atoms with Gasteiger partial charge in [0, 0.05) is 0 Å². The lowest BCUT2D eigenvalue weighted by Gasteiger charge is -2.83. The maximum atomic E-state index is 1.68. The normalized spacial score (nSPS) is 80.0. The number of hydrogen-bond acceptors (Lipinski definition) is 0. The van der Waals surface area contributed by atoms with Gasteiger partial charge in [-0.15, -0.1) is 0 Å². The van der Waals surface area contributed by atoms with E-state index in [1.54, 1.807) is 32.1 Å². The predicted molar refractivity (Wildman–Crippen MR) is 46.5 cm³/mol. The molecule has 0 aromatic rings. The summed E-state index contributed by atoms with van der Waals surface area (Å²) in [6.45, 7) is 0. The molecule has 0 aromatic carbocycles. The molecule has 4 atom stereocenters. The van der Waals surface area contributed by atoms with Crippen LogP contribution in [0.4, 0.5) is 0 Å². The molecule has 0 amide bonds. The van der Waals surface area contributed by atoms with Gasteiger partial charge in [-0.1, -0.05) is 0 Å². The average Bonchev–Trinajstić information content (AvgIpc) is 2.03. The molecule has 0 radical (unpaired) electrons. The van der Waals surface area contributed by atoms with Crippen LogP contribution in [0.3, 0.4) is 0 Å². The van der Waals surface area contributed by atoms with Crippen LogP contribution in [-0.2, 0) is 0 Å². The van der Waals surface area contributed by atoms with E-state index < -0.39 is 0 Å². The molecule has 0 aliphatic heterocycles. The van der Waals surface area contributed by atoms with Crippen molar-refractivity contribution >= 4 is 0 Å². The quantitative estimate of drug-likeness (QED) is 0.511. The Balaban J connectivity index is 1.78. The summed E-state index contributed by atoms with van der Waals surface area (Å²) in [5, 5.41) is 0. The first kappa shape index (κ1) is 5.67. The minimum Gasteiger partial charge on any atom is -0.0470 e. The fourth-order valence-corrected chi connectivity index (χ4v) is 6.44. The molecule has 1 spiro atoms. The molecule has 12 heavy (non-hydrogen) atoms. The van der Waals surface area contributed by atoms with E-state index in [2.05, 4.69) is 0 Å². The van der Waals surface area contributed by atoms with Crippen molar-refractivity contribution in [3.63, 3.8) is 0 Å². The molecule has 4 unspecified atom stereocenters. The van der Waals surface area contributed by atoms with Gasteiger partial charge in [-0.3, -0.25) is 0 Å². The van der Waals surface area contributed by atoms with Crippen molar-refractivity contribution in [1.29, 1.82) is 0 Å². The van der Waals surface area contributed by atoms with E-state index in [0.29, 0.717) is 0 Å². The minimum atomic E-state index is 0.989. The maximum Gasteiger partial charge on any atom is -0.0229 e. The molecule has 0 saturated heterocycles. The third-order valence-corrected chi connectivity index (χ3v) is 6.62. The van der Waals surface area contributed by atoms with Crippen LogP contribution in [0.5, 0.6) is 0 Å². The van der Waals surface area contributed by atoms with Gasteiger partial charge >= 0.3 is 0 Å². The molecule has 0 heterocycles. The highest BCUT2D eigenvalue weighted by Gasteiger charge is 2.77. The fourth-order valence-electron chi connectivity index (χ4n) is 6.44. The first-order valence-corrected chi connectivity index (χ1v) is 5.88. The Labute approximate surface area is 73.7 Å². The van der Waals surface area contributed by atoms with E-state index in [4.69, 9.17) is 0 Å². The van der Waals surface area contributed by atoms with Gasteiger partial charge in [0.15, 0.2) is 0 Å². The second kappa shape index (κ2) is 1.31. The van der Waals surface area contributed by atoms with E-state index in [0.717, 1.165) is 5.41 Å². The molecule has 0 aromatic heterocycles. The average molecular weight is 160 g/mol. The lowest BCUT2D eigenvalue weighted by atomic mass is 9.21. The van der Waals surface area contributed by atoms with Crippen molar-refractivity contribution in [2.24, 2.45) is 40.9 Å². The maximum absolute atomic E-state index is 1.68. The Morgan fingerprint density at radius 2 is 1.50 bits per heavy atom. The summed E-state index contributed by atoms with van der Waals surface area (Å²) in [6.07, 6.45) is 8.32. The van der Waals surface area contributed by atoms with Crippen LogP contribution < -0.4 is 0 Å². The molecular formula is C12H16. The largest absolute Gasteiger partial charge is 0.0470 e. The Morgan fingerprint density at radius 1 is 0.833 bits per heavy atom. The van der Waals surface area contributed by atoms with Crippen LogP contribution in [0.15, 0.2) is 0 Å². The third-order valence-electron chi connectivity index (χ3n) is 6.62. The molecule has 0 heteroatoms. The SMILES string of the molecule is C1C2CC3CC1C1CC34CC2C14. The fraction of sp³-hybridized carbons (Fsp3) is 1.00. The van der Waals surface area contributed by atoms with Crippen molar-refractivity contribution in [2.75, 3.05) is 0 Å². The van der Waals surface area contributed by atoms with Crippen molar-refractivity contribution < 1.29 is 0 Å². The van der Waals surface area contributed by atoms with Gasteiger partial charge in [0.1, 0.15) is 0 Å². The second-order valence-electron chi connectivity index (χ2n) is 6.42. The van der Waals surface area contributed by atoms with Gasteiger partial charge < -0.3 is 0 Å². The zero-order valence-corrected chi connectivity index (χ0v) is 7.50. The highest BCUT2D eigenvalue weighted by atomic mass is 14.8. The molecule has 7 bridgehead atoms. The van der Waals surface area contributed by atoms with E-state index in [1.165, 1.54) is 35.5 Å². The summed E-state index contributed by atoms with van der Waals surface area (Å²) in [7, 11) is 0. The molecule has 8 saturated carbocycles. The van der Waals surface area contributed by atoms with Gasteiger partial charge in [0.25, 0.3) is 0 Å². The van der Waals surface area contributed by atoms with Gasteiger partial charge in [-0.2, -0.15) is 0 Å². The van der Waals surface area contributed by atoms with Crippen LogP contribution in [0.2, 0.25) is 0 Å². The Kier molecular flexibility index (Phi) is 0.618. The Morgan fingerprint density at radius 3 is 2.08 bits per heavy atom. The standard InChI is InChI=1S/C12H16/c1-6-2-8-3-7(1)10-5-12(8)4-9(6)11(10)12/h6-11H,1-5H2. The molecule has 8 aliphatic carbocycles. The molecule has 0 nitrogen and oxygen atoms in total. The van der Waals surface area contributed by atoms with E-state index in [1.807, 2.05) is 0 Å². The highest BCUT2D eigenvalue weighted by molar-refractivity contribution is 5.26. The topological polar surface area (TPSA) is 0 Å². The predicted octanol–water partition coefficient (Wildman–Crippen LogP) is 2.69. The summed E-state index contributed by atoms with van der Waals surface area (Å²) in [4.78, 5) is 0. The molecule has 64 valence electrons. The van der Waals surface area contributed by atoms with E-state index in [9.17, 15) is 0 Å². The minimum absolute atomic E-state index is 0.989. The smallest absolute Gasteiger partial charge is 0.0229 e. The Bertz CT molecular complexity index is 244. The molecule has 8 aliphatic rings. The van der Waals surface area contributed by atoms with Crippen LogP contribution in [-0.4, -0.2) is 0 Å². The zero-order chi connectivity index (χ0) is 7.50. The summed E-state index contributed by atoms with van der Waals surface area (Å²) in [5.74, 6) is 7.44. The number of hydrogen-bond donors (Lipinski definition) is 0. The summed E-state index contributed by atoms with van der Waals surface area (Å²) < 4.78 is 0. The molecule has 8 fully saturated rings.